The van der Waals surface area contributed by atoms with E-state index in [0.717, 1.165) is 37.2 Å². The van der Waals surface area contributed by atoms with Crippen LogP contribution in [-0.2, 0) is 11.4 Å². The Kier molecular flexibility index (Phi) is 9.10. The van der Waals surface area contributed by atoms with E-state index in [1.807, 2.05) is 24.0 Å². The molecule has 1 amide bonds. The number of nitrogens with zero attached hydrogens (tertiary/aromatic N) is 2. The van der Waals surface area contributed by atoms with E-state index >= 15 is 0 Å². The summed E-state index contributed by atoms with van der Waals surface area (Å²) in [6.45, 7) is 12.4. The summed E-state index contributed by atoms with van der Waals surface area (Å²) < 4.78 is 15.5. The zero-order chi connectivity index (χ0) is 25.7. The minimum Gasteiger partial charge on any atom is -0.588 e. The first kappa shape index (κ1) is 26.9. The van der Waals surface area contributed by atoms with E-state index in [4.69, 9.17) is 11.5 Å². The van der Waals surface area contributed by atoms with Crippen molar-refractivity contribution >= 4 is 28.6 Å². The van der Waals surface area contributed by atoms with Crippen LogP contribution in [0, 0.1) is 6.92 Å². The fourth-order valence-electron chi connectivity index (χ4n) is 4.53. The number of piperazine rings is 1. The highest BCUT2D eigenvalue weighted by atomic mass is 32.2. The van der Waals surface area contributed by atoms with Crippen molar-refractivity contribution in [3.8, 4) is 0 Å². The maximum Gasteiger partial charge on any atom is 0.254 e. The van der Waals surface area contributed by atoms with Gasteiger partial charge in [-0.1, -0.05) is 19.4 Å². The molecule has 0 aromatic heterocycles. The lowest BCUT2D eigenvalue weighted by Gasteiger charge is -2.42. The van der Waals surface area contributed by atoms with Crippen molar-refractivity contribution in [2.75, 3.05) is 30.1 Å². The largest absolute Gasteiger partial charge is 0.588 e. The molecule has 190 valence electrons. The number of benzene rings is 2. The lowest BCUT2D eigenvalue weighted by atomic mass is 10.0. The fraction of sp³-hybridized carbons (Fsp3) is 0.444. The standard InChI is InChI=1S/C27H39N5O2S/c1-6-7-26(29)21(5)35(34)30-25-10-8-22(9-11-25)27(33)32-13-12-31(17-19(32)3)20(4)23-14-18(2)15-24(28)16-23/h8-11,14-16,19-20,30H,6-7,12-13,17,28-29H2,1-5H3/b26-21-/t19-,20?,35?/m0/s1. The summed E-state index contributed by atoms with van der Waals surface area (Å²) in [5.41, 5.74) is 17.2. The van der Waals surface area contributed by atoms with Crippen molar-refractivity contribution in [3.05, 3.63) is 69.8 Å². The van der Waals surface area contributed by atoms with Gasteiger partial charge in [-0.2, -0.15) is 0 Å². The first-order chi connectivity index (χ1) is 16.6. The van der Waals surface area contributed by atoms with Crippen molar-refractivity contribution < 1.29 is 9.35 Å². The molecular weight excluding hydrogens is 458 g/mol. The van der Waals surface area contributed by atoms with Gasteiger partial charge in [-0.15, -0.1) is 0 Å². The first-order valence-electron chi connectivity index (χ1n) is 12.3. The molecule has 3 rings (SSSR count). The molecule has 1 aliphatic rings. The highest BCUT2D eigenvalue weighted by molar-refractivity contribution is 7.96. The van der Waals surface area contributed by atoms with E-state index in [1.165, 1.54) is 5.56 Å². The fourth-order valence-corrected chi connectivity index (χ4v) is 5.37. The average molecular weight is 498 g/mol. The Labute approximate surface area is 212 Å². The van der Waals surface area contributed by atoms with E-state index in [-0.39, 0.29) is 18.0 Å². The number of nitrogen functional groups attached to an aromatic ring is 1. The van der Waals surface area contributed by atoms with Gasteiger partial charge in [0.1, 0.15) is 11.4 Å². The minimum absolute atomic E-state index is 0.0144. The molecule has 3 atom stereocenters. The zero-order valence-electron chi connectivity index (χ0n) is 21.5. The Bertz CT molecular complexity index is 1040. The van der Waals surface area contributed by atoms with Crippen LogP contribution in [0.15, 0.2) is 53.1 Å². The molecule has 1 saturated heterocycles. The average Bonchev–Trinajstić information content (AvgIpc) is 2.82. The number of anilines is 2. The SMILES string of the molecule is CCC/C(N)=C(\C)[S+]([O-])Nc1ccc(C(=O)N2CCN(C(C)c3cc(C)cc(N)c3)C[C@@H]2C)cc1. The van der Waals surface area contributed by atoms with E-state index in [9.17, 15) is 9.35 Å². The van der Waals surface area contributed by atoms with Gasteiger partial charge in [-0.05, 0) is 74.7 Å². The Morgan fingerprint density at radius 2 is 1.91 bits per heavy atom. The first-order valence-corrected chi connectivity index (χ1v) is 13.4. The maximum absolute atomic E-state index is 13.2. The Hall–Kier alpha value is -2.68. The van der Waals surface area contributed by atoms with Crippen LogP contribution in [-0.4, -0.2) is 45.9 Å². The van der Waals surface area contributed by atoms with Crippen molar-refractivity contribution in [3.63, 3.8) is 0 Å². The molecule has 1 heterocycles. The number of nitrogens with two attached hydrogens (primary N) is 2. The second kappa shape index (κ2) is 11.8. The van der Waals surface area contributed by atoms with Gasteiger partial charge in [0, 0.05) is 49.9 Å². The molecule has 0 aliphatic carbocycles. The molecule has 0 saturated carbocycles. The minimum atomic E-state index is -1.41. The van der Waals surface area contributed by atoms with E-state index < -0.39 is 11.4 Å². The van der Waals surface area contributed by atoms with Crippen LogP contribution in [0.1, 0.15) is 68.1 Å². The summed E-state index contributed by atoms with van der Waals surface area (Å²) in [6.07, 6.45) is 1.62. The predicted molar refractivity (Wildman–Crippen MR) is 146 cm³/mol. The molecule has 2 unspecified atom stereocenters. The van der Waals surface area contributed by atoms with Gasteiger partial charge in [0.2, 0.25) is 0 Å². The summed E-state index contributed by atoms with van der Waals surface area (Å²) in [6, 6.07) is 13.7. The summed E-state index contributed by atoms with van der Waals surface area (Å²) in [7, 11) is 0. The van der Waals surface area contributed by atoms with Crippen LogP contribution in [0.5, 0.6) is 0 Å². The summed E-state index contributed by atoms with van der Waals surface area (Å²) in [4.78, 5) is 18.2. The zero-order valence-corrected chi connectivity index (χ0v) is 22.3. The van der Waals surface area contributed by atoms with Gasteiger partial charge in [0.15, 0.2) is 4.91 Å². The summed E-state index contributed by atoms with van der Waals surface area (Å²) >= 11 is -1.41. The lowest BCUT2D eigenvalue weighted by molar-refractivity contribution is 0.0406. The second-order valence-electron chi connectivity index (χ2n) is 9.48. The third kappa shape index (κ3) is 6.72. The van der Waals surface area contributed by atoms with Crippen molar-refractivity contribution in [1.29, 1.82) is 0 Å². The number of amides is 1. The van der Waals surface area contributed by atoms with Gasteiger partial charge in [-0.3, -0.25) is 9.69 Å². The van der Waals surface area contributed by atoms with Crippen LogP contribution in [0.2, 0.25) is 0 Å². The molecule has 0 bridgehead atoms. The molecule has 2 aromatic rings. The summed E-state index contributed by atoms with van der Waals surface area (Å²) in [5, 5.41) is 0. The van der Waals surface area contributed by atoms with Gasteiger partial charge >= 0.3 is 0 Å². The topological polar surface area (TPSA) is 111 Å². The number of allylic oxidation sites excluding steroid dienone is 2. The van der Waals surface area contributed by atoms with Crippen molar-refractivity contribution in [2.45, 2.75) is 59.5 Å². The Morgan fingerprint density at radius 1 is 1.23 bits per heavy atom. The number of hydrogen-bond acceptors (Lipinski definition) is 6. The summed E-state index contributed by atoms with van der Waals surface area (Å²) in [5.74, 6) is 0.0144. The van der Waals surface area contributed by atoms with Gasteiger partial charge in [0.25, 0.3) is 5.91 Å². The molecule has 1 aliphatic heterocycles. The van der Waals surface area contributed by atoms with Crippen molar-refractivity contribution in [2.24, 2.45) is 5.73 Å². The molecule has 35 heavy (non-hydrogen) atoms. The quantitative estimate of drug-likeness (QED) is 0.364. The smallest absolute Gasteiger partial charge is 0.254 e. The van der Waals surface area contributed by atoms with Gasteiger partial charge in [0.05, 0.1) is 11.4 Å². The number of rotatable bonds is 8. The number of carbonyl (C=O) groups is 1. The number of aryl methyl sites for hydroxylation is 1. The molecule has 8 heteroatoms. The Balaban J connectivity index is 1.61. The van der Waals surface area contributed by atoms with E-state index in [0.29, 0.717) is 28.4 Å². The van der Waals surface area contributed by atoms with Crippen molar-refractivity contribution in [1.82, 2.24) is 9.80 Å². The molecule has 7 nitrogen and oxygen atoms in total. The van der Waals surface area contributed by atoms with Crippen LogP contribution < -0.4 is 16.2 Å². The van der Waals surface area contributed by atoms with Crippen LogP contribution in [0.4, 0.5) is 11.4 Å². The maximum atomic E-state index is 13.2. The number of hydrogen-bond donors (Lipinski definition) is 3. The van der Waals surface area contributed by atoms with Crippen LogP contribution >= 0.6 is 0 Å². The van der Waals surface area contributed by atoms with Crippen LogP contribution in [0.3, 0.4) is 0 Å². The normalized spacial score (nSPS) is 19.1. The Morgan fingerprint density at radius 3 is 2.51 bits per heavy atom. The molecule has 0 radical (unpaired) electrons. The lowest BCUT2D eigenvalue weighted by Crippen LogP contribution is -2.54. The molecule has 1 fully saturated rings. The second-order valence-corrected chi connectivity index (χ2v) is 10.8. The van der Waals surface area contributed by atoms with Crippen LogP contribution in [0.25, 0.3) is 0 Å². The number of carbonyl (C=O) groups excluding carboxylic acids is 1. The molecule has 2 aromatic carbocycles. The highest BCUT2D eigenvalue weighted by Gasteiger charge is 2.30. The highest BCUT2D eigenvalue weighted by Crippen LogP contribution is 2.27. The third-order valence-electron chi connectivity index (χ3n) is 6.66. The number of nitrogens with one attached hydrogen (secondary N) is 1. The predicted octanol–water partition coefficient (Wildman–Crippen LogP) is 4.55. The van der Waals surface area contributed by atoms with E-state index in [1.54, 1.807) is 31.2 Å². The molecular formula is C27H39N5O2S. The van der Waals surface area contributed by atoms with Gasteiger partial charge < -0.3 is 20.9 Å². The third-order valence-corrected chi connectivity index (χ3v) is 7.90. The molecule has 0 spiro atoms. The van der Waals surface area contributed by atoms with E-state index in [2.05, 4.69) is 36.5 Å². The monoisotopic (exact) mass is 497 g/mol. The molecule has 5 N–H and O–H groups in total. The van der Waals surface area contributed by atoms with Gasteiger partial charge in [-0.25, -0.2) is 4.72 Å².